The normalized spacial score (nSPS) is 22.6. The molecular formula is C49H26N2O6. The molecule has 5 aliphatic carbocycles. The molecule has 1 saturated carbocycles. The molecule has 5 aliphatic rings. The smallest absolute Gasteiger partial charge is 0.238 e. The number of hydrogen-bond donors (Lipinski definition) is 6. The molecule has 2 spiro atoms. The second kappa shape index (κ2) is 7.75. The van der Waals surface area contributed by atoms with Crippen LogP contribution in [0.3, 0.4) is 0 Å². The van der Waals surface area contributed by atoms with Crippen LogP contribution in [0.15, 0.2) is 60.7 Å². The zero-order valence-electron chi connectivity index (χ0n) is 29.9. The first-order valence-electron chi connectivity index (χ1n) is 19.9. The number of fused-ring (bicyclic) bond motifs is 3. The lowest BCUT2D eigenvalue weighted by atomic mass is 9.68. The number of carbonyl (C=O) groups is 2. The van der Waals surface area contributed by atoms with E-state index in [2.05, 4.69) is 71.3 Å². The quantitative estimate of drug-likeness (QED) is 0.102. The van der Waals surface area contributed by atoms with Crippen molar-refractivity contribution in [1.82, 2.24) is 10.6 Å². The first-order chi connectivity index (χ1) is 28.0. The molecule has 2 atom stereocenters. The SMILES string of the molecule is O=C(NC(CO)CO)C1(C(=O)NC(CO)CO)C23C4=c5ccc6c7ccc8c9ccc%10c%11ccc%12c%13c(c%14c%15c2c5c6c2c7c8c5c9c%10c(c%13%11)c%14c5c%152)C13C=%12C=C4. The van der Waals surface area contributed by atoms with E-state index in [1.807, 2.05) is 0 Å². The van der Waals surface area contributed by atoms with Crippen LogP contribution < -0.4 is 21.1 Å². The Kier molecular flexibility index (Phi) is 3.84. The Bertz CT molecular complexity index is 3890. The summed E-state index contributed by atoms with van der Waals surface area (Å²) in [6.45, 7) is -2.06. The third-order valence-corrected chi connectivity index (χ3v) is 16.6. The number of benzene rings is 8. The van der Waals surface area contributed by atoms with Gasteiger partial charge in [0.05, 0.1) is 49.3 Å². The fourth-order valence-corrected chi connectivity index (χ4v) is 15.3. The van der Waals surface area contributed by atoms with E-state index in [1.54, 1.807) is 0 Å². The molecule has 57 heavy (non-hydrogen) atoms. The number of amides is 2. The molecule has 6 N–H and O–H groups in total. The standard InChI is InChI=1S/C49H26N2O6/c52-11-15(12-53)50-45(56)49(46(57)51-16(13-54)14-55)47-25-9-10-26-24-8-6-22-20-4-2-18-17-1-3-19-21-5-7-23(25)33-31(21)36-29(19)27(17)35-28(18)30(20)37-32(22)34(24)44(48(26,47)49)42-40(37)38(35)39(36)41(42)43(33)47/h1-10,15-16,52-55H,11-14H2,(H,50,56)(H,51,57). The van der Waals surface area contributed by atoms with E-state index in [-0.39, 0.29) is 0 Å². The predicted octanol–water partition coefficient (Wildman–Crippen LogP) is 4.20. The van der Waals surface area contributed by atoms with Gasteiger partial charge in [-0.2, -0.15) is 0 Å². The van der Waals surface area contributed by atoms with Crippen LogP contribution in [0.4, 0.5) is 0 Å². The summed E-state index contributed by atoms with van der Waals surface area (Å²) in [6, 6.07) is 16.1. The van der Waals surface area contributed by atoms with Crippen LogP contribution in [0.1, 0.15) is 11.1 Å². The van der Waals surface area contributed by atoms with Crippen molar-refractivity contribution in [2.24, 2.45) is 5.41 Å². The fourth-order valence-electron chi connectivity index (χ4n) is 15.3. The van der Waals surface area contributed by atoms with Gasteiger partial charge in [-0.05, 0) is 151 Å². The van der Waals surface area contributed by atoms with Crippen molar-refractivity contribution in [3.63, 3.8) is 0 Å². The van der Waals surface area contributed by atoms with E-state index in [0.717, 1.165) is 54.3 Å². The number of rotatable bonds is 8. The van der Waals surface area contributed by atoms with Gasteiger partial charge in [0.15, 0.2) is 5.41 Å². The number of aliphatic hydroxyl groups is 4. The Morgan fingerprint density at radius 1 is 0.421 bits per heavy atom. The molecule has 8 heteroatoms. The highest BCUT2D eigenvalue weighted by atomic mass is 16.3. The Morgan fingerprint density at radius 2 is 0.719 bits per heavy atom. The number of nitrogens with one attached hydrogen (secondary N) is 2. The van der Waals surface area contributed by atoms with Gasteiger partial charge in [0.2, 0.25) is 11.8 Å². The number of allylic oxidation sites excluding steroid dienone is 2. The van der Waals surface area contributed by atoms with Gasteiger partial charge in [-0.25, -0.2) is 0 Å². The van der Waals surface area contributed by atoms with E-state index in [0.29, 0.717) is 0 Å². The molecule has 2 amide bonds. The maximum absolute atomic E-state index is 15.9. The Balaban J connectivity index is 1.24. The Morgan fingerprint density at radius 3 is 1.07 bits per heavy atom. The highest BCUT2D eigenvalue weighted by Gasteiger charge is 2.99. The van der Waals surface area contributed by atoms with Crippen LogP contribution in [0.2, 0.25) is 0 Å². The van der Waals surface area contributed by atoms with E-state index >= 15 is 9.59 Å². The summed E-state index contributed by atoms with van der Waals surface area (Å²) in [5.74, 6) is -1.16. The molecule has 0 aromatic heterocycles. The van der Waals surface area contributed by atoms with Crippen molar-refractivity contribution in [1.29, 1.82) is 0 Å². The molecule has 17 rings (SSSR count). The van der Waals surface area contributed by atoms with E-state index < -0.39 is 66.6 Å². The first-order valence-corrected chi connectivity index (χ1v) is 19.9. The van der Waals surface area contributed by atoms with E-state index in [1.165, 1.54) is 97.0 Å². The summed E-state index contributed by atoms with van der Waals surface area (Å²) >= 11 is 0. The van der Waals surface area contributed by atoms with Gasteiger partial charge in [-0.15, -0.1) is 0 Å². The molecule has 0 aliphatic heterocycles. The van der Waals surface area contributed by atoms with Gasteiger partial charge in [-0.3, -0.25) is 9.59 Å². The second-order valence-corrected chi connectivity index (χ2v) is 17.9. The van der Waals surface area contributed by atoms with Crippen molar-refractivity contribution in [3.05, 3.63) is 82.2 Å². The maximum Gasteiger partial charge on any atom is 0.238 e. The van der Waals surface area contributed by atoms with Crippen molar-refractivity contribution in [3.8, 4) is 0 Å². The zero-order chi connectivity index (χ0) is 37.3. The van der Waals surface area contributed by atoms with E-state index in [4.69, 9.17) is 0 Å². The molecule has 12 aromatic rings. The van der Waals surface area contributed by atoms with Gasteiger partial charge >= 0.3 is 0 Å². The second-order valence-electron chi connectivity index (χ2n) is 17.9. The van der Waals surface area contributed by atoms with Crippen molar-refractivity contribution in [2.75, 3.05) is 26.4 Å². The highest BCUT2D eigenvalue weighted by Crippen LogP contribution is 2.92. The lowest BCUT2D eigenvalue weighted by molar-refractivity contribution is -0.140. The van der Waals surface area contributed by atoms with Gasteiger partial charge in [0.25, 0.3) is 0 Å². The maximum atomic E-state index is 15.9. The van der Waals surface area contributed by atoms with Crippen LogP contribution in [0.25, 0.3) is 130 Å². The molecule has 0 radical (unpaired) electrons. The monoisotopic (exact) mass is 738 g/mol. The topological polar surface area (TPSA) is 139 Å². The number of aliphatic hydroxyl groups excluding tert-OH is 4. The van der Waals surface area contributed by atoms with Gasteiger partial charge in [0, 0.05) is 0 Å². The third kappa shape index (κ3) is 2.05. The van der Waals surface area contributed by atoms with Crippen molar-refractivity contribution >= 4 is 141 Å². The van der Waals surface area contributed by atoms with Crippen LogP contribution >= 0.6 is 0 Å². The summed E-state index contributed by atoms with van der Waals surface area (Å²) in [5, 5.41) is 76.8. The molecule has 8 nitrogen and oxygen atoms in total. The minimum atomic E-state index is -1.86. The Labute approximate surface area is 318 Å². The molecular weight excluding hydrogens is 713 g/mol. The van der Waals surface area contributed by atoms with Crippen LogP contribution in [-0.4, -0.2) is 70.8 Å². The summed E-state index contributed by atoms with van der Waals surface area (Å²) in [4.78, 5) is 31.8. The predicted molar refractivity (Wildman–Crippen MR) is 222 cm³/mol. The summed E-state index contributed by atoms with van der Waals surface area (Å²) in [6.07, 6.45) is 4.30. The number of hydrogen-bond acceptors (Lipinski definition) is 6. The molecule has 268 valence electrons. The first kappa shape index (κ1) is 28.3. The van der Waals surface area contributed by atoms with E-state index in [9.17, 15) is 20.4 Å². The molecule has 0 saturated heterocycles. The fraction of sp³-hybridized carbons (Fsp3) is 0.184. The average Bonchev–Trinajstić information content (AvgIpc) is 3.86. The molecule has 2 unspecified atom stereocenters. The third-order valence-electron chi connectivity index (χ3n) is 16.6. The van der Waals surface area contributed by atoms with Crippen molar-refractivity contribution in [2.45, 2.75) is 22.9 Å². The Hall–Kier alpha value is -6.16. The van der Waals surface area contributed by atoms with Gasteiger partial charge in [0.1, 0.15) is 0 Å². The number of carbonyl (C=O) groups excluding carboxylic acids is 2. The molecule has 12 aromatic carbocycles. The average molecular weight is 739 g/mol. The van der Waals surface area contributed by atoms with Crippen LogP contribution in [0, 0.1) is 5.41 Å². The minimum absolute atomic E-state index is 0.515. The van der Waals surface area contributed by atoms with Crippen LogP contribution in [0.5, 0.6) is 0 Å². The zero-order valence-corrected chi connectivity index (χ0v) is 29.9. The van der Waals surface area contributed by atoms with Gasteiger partial charge in [-0.1, -0.05) is 60.7 Å². The largest absolute Gasteiger partial charge is 0.394 e. The summed E-state index contributed by atoms with van der Waals surface area (Å²) in [7, 11) is 0. The molecule has 0 bridgehead atoms. The van der Waals surface area contributed by atoms with Crippen LogP contribution in [-0.2, 0) is 20.4 Å². The molecule has 0 heterocycles. The minimum Gasteiger partial charge on any atom is -0.394 e. The van der Waals surface area contributed by atoms with Crippen molar-refractivity contribution < 1.29 is 30.0 Å². The highest BCUT2D eigenvalue weighted by molar-refractivity contribution is 6.64. The van der Waals surface area contributed by atoms with Gasteiger partial charge < -0.3 is 31.1 Å². The lowest BCUT2D eigenvalue weighted by Crippen LogP contribution is -2.55. The molecule has 1 fully saturated rings. The summed E-state index contributed by atoms with van der Waals surface area (Å²) < 4.78 is 0. The lowest BCUT2D eigenvalue weighted by Gasteiger charge is -2.32. The summed E-state index contributed by atoms with van der Waals surface area (Å²) in [5.41, 5.74) is -0.393.